The van der Waals surface area contributed by atoms with Crippen molar-refractivity contribution < 1.29 is 19.5 Å². The number of fused-ring (bicyclic) bond motifs is 1. The minimum Gasteiger partial charge on any atom is -0.480 e. The van der Waals surface area contributed by atoms with Crippen LogP contribution in [0.4, 0.5) is 11.6 Å². The van der Waals surface area contributed by atoms with Gasteiger partial charge in [0.2, 0.25) is 11.9 Å². The monoisotopic (exact) mass is 524 g/mol. The Kier molecular flexibility index (Phi) is 10.1. The summed E-state index contributed by atoms with van der Waals surface area (Å²) >= 11 is 0. The van der Waals surface area contributed by atoms with E-state index in [4.69, 9.17) is 5.73 Å². The standard InChI is InChI=1S/C25H32N8O5/c1-2-3-7-19(34)27-12-5-4-6-18(24(37)38)31-22(35)15-8-10-16(11-9-15)28-13-17-14-29-21-20(30-17)23(36)33-25(26)32-21/h8-11,14,18,28H,2-7,12-13H2,1H3,(H,27,34)(H,31,35)(H,37,38)(H3,26,29,32,33,36)/t18-/m0/s1. The van der Waals surface area contributed by atoms with Gasteiger partial charge in [-0.3, -0.25) is 19.4 Å². The fraction of sp³-hybridized carbons (Fsp3) is 0.400. The number of unbranched alkanes of at least 4 members (excludes halogenated alkanes) is 2. The molecule has 0 saturated carbocycles. The van der Waals surface area contributed by atoms with Gasteiger partial charge in [-0.15, -0.1) is 0 Å². The Morgan fingerprint density at radius 1 is 1.11 bits per heavy atom. The number of carbonyl (C=O) groups excluding carboxylic acids is 2. The molecule has 13 nitrogen and oxygen atoms in total. The molecule has 3 aromatic rings. The van der Waals surface area contributed by atoms with Crippen molar-refractivity contribution in [1.29, 1.82) is 0 Å². The Morgan fingerprint density at radius 2 is 1.87 bits per heavy atom. The molecule has 0 aliphatic rings. The number of aromatic amines is 1. The number of anilines is 2. The van der Waals surface area contributed by atoms with E-state index >= 15 is 0 Å². The van der Waals surface area contributed by atoms with E-state index in [2.05, 4.69) is 35.9 Å². The number of amides is 2. The Labute approximate surface area is 218 Å². The van der Waals surface area contributed by atoms with Gasteiger partial charge in [-0.25, -0.2) is 14.8 Å². The number of nitrogens with two attached hydrogens (primary N) is 1. The highest BCUT2D eigenvalue weighted by molar-refractivity contribution is 5.96. The Balaban J connectivity index is 1.48. The van der Waals surface area contributed by atoms with Crippen LogP contribution >= 0.6 is 0 Å². The van der Waals surface area contributed by atoms with Gasteiger partial charge in [0.05, 0.1) is 18.4 Å². The molecule has 38 heavy (non-hydrogen) atoms. The van der Waals surface area contributed by atoms with Crippen molar-refractivity contribution in [2.75, 3.05) is 17.6 Å². The molecule has 0 unspecified atom stereocenters. The zero-order chi connectivity index (χ0) is 27.5. The van der Waals surface area contributed by atoms with E-state index in [0.29, 0.717) is 42.8 Å². The topological polar surface area (TPSA) is 205 Å². The Hall–Kier alpha value is -4.55. The van der Waals surface area contributed by atoms with Crippen LogP contribution in [0.25, 0.3) is 11.2 Å². The zero-order valence-corrected chi connectivity index (χ0v) is 21.1. The minimum atomic E-state index is -1.11. The molecule has 7 N–H and O–H groups in total. The molecule has 0 aliphatic heterocycles. The van der Waals surface area contributed by atoms with E-state index in [-0.39, 0.29) is 36.0 Å². The molecule has 2 heterocycles. The molecule has 2 aromatic heterocycles. The molecule has 0 fully saturated rings. The first-order valence-corrected chi connectivity index (χ1v) is 12.4. The Bertz CT molecular complexity index is 1330. The van der Waals surface area contributed by atoms with Gasteiger partial charge in [0, 0.05) is 24.2 Å². The third-order valence-electron chi connectivity index (χ3n) is 5.71. The molecule has 0 radical (unpaired) electrons. The van der Waals surface area contributed by atoms with Crippen molar-refractivity contribution in [3.63, 3.8) is 0 Å². The van der Waals surface area contributed by atoms with Crippen LogP contribution in [0.5, 0.6) is 0 Å². The summed E-state index contributed by atoms with van der Waals surface area (Å²) in [7, 11) is 0. The molecular weight excluding hydrogens is 492 g/mol. The number of aliphatic carboxylic acids is 1. The number of hydrogen-bond donors (Lipinski definition) is 6. The van der Waals surface area contributed by atoms with Crippen LogP contribution in [0.1, 0.15) is 61.5 Å². The molecule has 1 aromatic carbocycles. The number of nitrogens with zero attached hydrogens (tertiary/aromatic N) is 3. The second-order valence-electron chi connectivity index (χ2n) is 8.73. The van der Waals surface area contributed by atoms with Gasteiger partial charge in [-0.05, 0) is 49.9 Å². The van der Waals surface area contributed by atoms with Crippen LogP contribution in [-0.4, -0.2) is 55.4 Å². The fourth-order valence-electron chi connectivity index (χ4n) is 3.61. The summed E-state index contributed by atoms with van der Waals surface area (Å²) < 4.78 is 0. The van der Waals surface area contributed by atoms with Crippen LogP contribution in [0.2, 0.25) is 0 Å². The largest absolute Gasteiger partial charge is 0.480 e. The number of aromatic nitrogens is 4. The average Bonchev–Trinajstić information content (AvgIpc) is 2.90. The quantitative estimate of drug-likeness (QED) is 0.168. The smallest absolute Gasteiger partial charge is 0.326 e. The van der Waals surface area contributed by atoms with Crippen molar-refractivity contribution in [2.45, 2.75) is 58.0 Å². The fourth-order valence-corrected chi connectivity index (χ4v) is 3.61. The van der Waals surface area contributed by atoms with Gasteiger partial charge in [0.25, 0.3) is 11.5 Å². The van der Waals surface area contributed by atoms with Gasteiger partial charge in [-0.2, -0.15) is 4.98 Å². The van der Waals surface area contributed by atoms with Crippen molar-refractivity contribution in [1.82, 2.24) is 30.6 Å². The maximum absolute atomic E-state index is 12.6. The van der Waals surface area contributed by atoms with Crippen molar-refractivity contribution >= 4 is 40.6 Å². The zero-order valence-electron chi connectivity index (χ0n) is 21.1. The SMILES string of the molecule is CCCCC(=O)NCCCC[C@H](NC(=O)c1ccc(NCc2cnc3nc(N)[nH]c(=O)c3n2)cc1)C(=O)O. The molecule has 0 aliphatic carbocycles. The van der Waals surface area contributed by atoms with Crippen molar-refractivity contribution in [2.24, 2.45) is 0 Å². The first-order valence-electron chi connectivity index (χ1n) is 12.4. The maximum Gasteiger partial charge on any atom is 0.326 e. The number of rotatable bonds is 14. The summed E-state index contributed by atoms with van der Waals surface area (Å²) in [4.78, 5) is 62.5. The highest BCUT2D eigenvalue weighted by atomic mass is 16.4. The lowest BCUT2D eigenvalue weighted by molar-refractivity contribution is -0.139. The highest BCUT2D eigenvalue weighted by Gasteiger charge is 2.20. The summed E-state index contributed by atoms with van der Waals surface area (Å²) in [5.74, 6) is -1.65. The highest BCUT2D eigenvalue weighted by Crippen LogP contribution is 2.12. The number of carbonyl (C=O) groups is 3. The van der Waals surface area contributed by atoms with E-state index < -0.39 is 23.5 Å². The van der Waals surface area contributed by atoms with Crippen molar-refractivity contribution in [3.05, 3.63) is 52.1 Å². The number of carboxylic acid groups (broad SMARTS) is 1. The first-order chi connectivity index (χ1) is 18.3. The number of nitrogen functional groups attached to an aromatic ring is 1. The number of hydrogen-bond acceptors (Lipinski definition) is 9. The van der Waals surface area contributed by atoms with E-state index in [9.17, 15) is 24.3 Å². The number of H-pyrrole nitrogens is 1. The van der Waals surface area contributed by atoms with E-state index in [1.807, 2.05) is 6.92 Å². The van der Waals surface area contributed by atoms with Gasteiger partial charge in [0.1, 0.15) is 6.04 Å². The van der Waals surface area contributed by atoms with Crippen LogP contribution < -0.4 is 27.2 Å². The summed E-state index contributed by atoms with van der Waals surface area (Å²) in [6.07, 6.45) is 5.18. The predicted molar refractivity (Wildman–Crippen MR) is 141 cm³/mol. The third-order valence-corrected chi connectivity index (χ3v) is 5.71. The van der Waals surface area contributed by atoms with E-state index in [1.165, 1.54) is 6.20 Å². The summed E-state index contributed by atoms with van der Waals surface area (Å²) in [5.41, 5.74) is 6.76. The van der Waals surface area contributed by atoms with E-state index in [1.54, 1.807) is 24.3 Å². The molecular formula is C25H32N8O5. The molecule has 3 rings (SSSR count). The van der Waals surface area contributed by atoms with Crippen LogP contribution in [0, 0.1) is 0 Å². The molecule has 2 amide bonds. The molecule has 0 saturated heterocycles. The second kappa shape index (κ2) is 13.7. The first kappa shape index (κ1) is 28.0. The Morgan fingerprint density at radius 3 is 2.58 bits per heavy atom. The van der Waals surface area contributed by atoms with Gasteiger partial charge < -0.3 is 26.8 Å². The predicted octanol–water partition coefficient (Wildman–Crippen LogP) is 1.57. The molecule has 0 spiro atoms. The van der Waals surface area contributed by atoms with Gasteiger partial charge in [-0.1, -0.05) is 13.3 Å². The number of carboxylic acids is 1. The minimum absolute atomic E-state index is 0.00350. The lowest BCUT2D eigenvalue weighted by Gasteiger charge is -2.15. The lowest BCUT2D eigenvalue weighted by atomic mass is 10.1. The second-order valence-corrected chi connectivity index (χ2v) is 8.73. The average molecular weight is 525 g/mol. The van der Waals surface area contributed by atoms with E-state index in [0.717, 1.165) is 12.8 Å². The molecule has 1 atom stereocenters. The van der Waals surface area contributed by atoms with Crippen LogP contribution in [0.3, 0.4) is 0 Å². The summed E-state index contributed by atoms with van der Waals surface area (Å²) in [5, 5.41) is 18.0. The molecule has 202 valence electrons. The summed E-state index contributed by atoms with van der Waals surface area (Å²) in [6, 6.07) is 5.47. The molecule has 0 bridgehead atoms. The van der Waals surface area contributed by atoms with Crippen LogP contribution in [-0.2, 0) is 16.1 Å². The third kappa shape index (κ3) is 8.25. The van der Waals surface area contributed by atoms with Crippen LogP contribution in [0.15, 0.2) is 35.3 Å². The number of benzene rings is 1. The van der Waals surface area contributed by atoms with Gasteiger partial charge >= 0.3 is 5.97 Å². The lowest BCUT2D eigenvalue weighted by Crippen LogP contribution is -2.40. The molecule has 13 heteroatoms. The van der Waals surface area contributed by atoms with Crippen molar-refractivity contribution in [3.8, 4) is 0 Å². The summed E-state index contributed by atoms with van der Waals surface area (Å²) in [6.45, 7) is 2.76. The van der Waals surface area contributed by atoms with Gasteiger partial charge in [0.15, 0.2) is 11.2 Å². The normalized spacial score (nSPS) is 11.6. The maximum atomic E-state index is 12.6. The number of nitrogens with one attached hydrogen (secondary N) is 4.